The molecule has 1 heterocycles. The lowest BCUT2D eigenvalue weighted by Gasteiger charge is -2.31. The van der Waals surface area contributed by atoms with Crippen LogP contribution in [0, 0.1) is 6.92 Å². The third-order valence-electron chi connectivity index (χ3n) is 3.86. The van der Waals surface area contributed by atoms with Gasteiger partial charge in [0.15, 0.2) is 0 Å². The number of sulfonamides is 1. The van der Waals surface area contributed by atoms with Crippen molar-refractivity contribution in [3.63, 3.8) is 0 Å². The highest BCUT2D eigenvalue weighted by Gasteiger charge is 2.31. The van der Waals surface area contributed by atoms with Gasteiger partial charge >= 0.3 is 0 Å². The van der Waals surface area contributed by atoms with Gasteiger partial charge in [0, 0.05) is 20.2 Å². The number of benzene rings is 1. The molecule has 6 heteroatoms. The van der Waals surface area contributed by atoms with Gasteiger partial charge in [-0.25, -0.2) is 8.42 Å². The van der Waals surface area contributed by atoms with Gasteiger partial charge in [0.2, 0.25) is 10.0 Å². The fourth-order valence-corrected chi connectivity index (χ4v) is 4.34. The number of hydrogen-bond donors (Lipinski definition) is 1. The van der Waals surface area contributed by atoms with Crippen LogP contribution in [0.2, 0.25) is 0 Å². The van der Waals surface area contributed by atoms with E-state index >= 15 is 0 Å². The fourth-order valence-electron chi connectivity index (χ4n) is 2.57. The minimum absolute atomic E-state index is 0.0418. The van der Waals surface area contributed by atoms with Gasteiger partial charge in [0.25, 0.3) is 0 Å². The number of hydrogen-bond acceptors (Lipinski definition) is 4. The first-order chi connectivity index (χ1) is 9.50. The number of aliphatic hydroxyl groups is 1. The van der Waals surface area contributed by atoms with Crippen LogP contribution in [0.1, 0.15) is 24.0 Å². The molecule has 1 atom stereocenters. The molecule has 2 rings (SSSR count). The van der Waals surface area contributed by atoms with Crippen LogP contribution in [0.5, 0.6) is 0 Å². The van der Waals surface area contributed by atoms with E-state index in [0.717, 1.165) is 12.8 Å². The topological polar surface area (TPSA) is 66.8 Å². The first kappa shape index (κ1) is 15.4. The van der Waals surface area contributed by atoms with Crippen LogP contribution < -0.4 is 0 Å². The molecule has 1 aromatic carbocycles. The second-order valence-corrected chi connectivity index (χ2v) is 6.97. The Balaban J connectivity index is 2.35. The number of aliphatic hydroxyl groups excluding tert-OH is 1. The molecule has 0 aliphatic carbocycles. The van der Waals surface area contributed by atoms with Gasteiger partial charge in [-0.1, -0.05) is 12.1 Å². The smallest absolute Gasteiger partial charge is 0.243 e. The summed E-state index contributed by atoms with van der Waals surface area (Å²) in [5.41, 5.74) is 1.26. The van der Waals surface area contributed by atoms with Crippen LogP contribution in [-0.2, 0) is 21.4 Å². The quantitative estimate of drug-likeness (QED) is 0.909. The van der Waals surface area contributed by atoms with E-state index in [2.05, 4.69) is 0 Å². The largest absolute Gasteiger partial charge is 0.392 e. The van der Waals surface area contributed by atoms with Crippen molar-refractivity contribution >= 4 is 10.0 Å². The number of ether oxygens (including phenoxy) is 1. The van der Waals surface area contributed by atoms with E-state index in [1.54, 1.807) is 32.2 Å². The molecule has 1 aliphatic rings. The van der Waals surface area contributed by atoms with Gasteiger partial charge in [-0.05, 0) is 37.0 Å². The number of nitrogens with zero attached hydrogens (tertiary/aromatic N) is 1. The summed E-state index contributed by atoms with van der Waals surface area (Å²) < 4.78 is 32.2. The number of piperidine rings is 1. The summed E-state index contributed by atoms with van der Waals surface area (Å²) in [5, 5.41) is 9.27. The van der Waals surface area contributed by atoms with E-state index in [4.69, 9.17) is 4.74 Å². The normalized spacial score (nSPS) is 21.1. The molecule has 5 nitrogen and oxygen atoms in total. The zero-order chi connectivity index (χ0) is 14.8. The molecule has 1 fully saturated rings. The van der Waals surface area contributed by atoms with E-state index in [9.17, 15) is 13.5 Å². The highest BCUT2D eigenvalue weighted by Crippen LogP contribution is 2.25. The van der Waals surface area contributed by atoms with Crippen molar-refractivity contribution in [3.8, 4) is 0 Å². The summed E-state index contributed by atoms with van der Waals surface area (Å²) in [6.45, 7) is 2.48. The van der Waals surface area contributed by atoms with Crippen LogP contribution in [-0.4, -0.2) is 44.1 Å². The zero-order valence-corrected chi connectivity index (χ0v) is 12.7. The lowest BCUT2D eigenvalue weighted by atomic mass is 10.1. The molecular formula is C14H21NO4S. The zero-order valence-electron chi connectivity index (χ0n) is 11.9. The molecule has 112 valence electrons. The molecule has 1 N–H and O–H groups in total. The van der Waals surface area contributed by atoms with Crippen LogP contribution in [0.4, 0.5) is 0 Å². The fraction of sp³-hybridized carbons (Fsp3) is 0.571. The molecule has 0 aromatic heterocycles. The maximum atomic E-state index is 12.7. The van der Waals surface area contributed by atoms with Gasteiger partial charge in [-0.2, -0.15) is 4.31 Å². The molecule has 0 bridgehead atoms. The van der Waals surface area contributed by atoms with E-state index < -0.39 is 10.0 Å². The minimum Gasteiger partial charge on any atom is -0.392 e. The summed E-state index contributed by atoms with van der Waals surface area (Å²) in [4.78, 5) is 0.279. The lowest BCUT2D eigenvalue weighted by molar-refractivity contribution is 0.0571. The Bertz CT molecular complexity index is 571. The Morgan fingerprint density at radius 2 is 2.20 bits per heavy atom. The predicted octanol–water partition coefficient (Wildman–Crippen LogP) is 1.29. The van der Waals surface area contributed by atoms with E-state index in [1.807, 2.05) is 0 Å². The molecular weight excluding hydrogens is 278 g/mol. The lowest BCUT2D eigenvalue weighted by Crippen LogP contribution is -2.43. The molecule has 20 heavy (non-hydrogen) atoms. The molecule has 1 aromatic rings. The van der Waals surface area contributed by atoms with E-state index in [1.165, 1.54) is 4.31 Å². The van der Waals surface area contributed by atoms with Crippen molar-refractivity contribution in [2.75, 3.05) is 20.2 Å². The van der Waals surface area contributed by atoms with E-state index in [-0.39, 0.29) is 17.6 Å². The number of rotatable bonds is 4. The summed E-state index contributed by atoms with van der Waals surface area (Å²) in [7, 11) is -1.92. The molecule has 1 saturated heterocycles. The summed E-state index contributed by atoms with van der Waals surface area (Å²) in [6.07, 6.45) is 1.65. The van der Waals surface area contributed by atoms with Crippen molar-refractivity contribution in [2.45, 2.75) is 37.4 Å². The van der Waals surface area contributed by atoms with Crippen molar-refractivity contribution in [2.24, 2.45) is 0 Å². The van der Waals surface area contributed by atoms with Gasteiger partial charge in [0.05, 0.1) is 17.6 Å². The highest BCUT2D eigenvalue weighted by molar-refractivity contribution is 7.89. The summed E-state index contributed by atoms with van der Waals surface area (Å²) >= 11 is 0. The van der Waals surface area contributed by atoms with Gasteiger partial charge in [-0.15, -0.1) is 0 Å². The highest BCUT2D eigenvalue weighted by atomic mass is 32.2. The standard InChI is InChI=1S/C14H21NO4S/c1-11-12(10-16)5-3-7-14(11)20(17,18)15-8-4-6-13(9-15)19-2/h3,5,7,13,16H,4,6,8-10H2,1-2H3. The maximum absolute atomic E-state index is 12.7. The Morgan fingerprint density at radius 1 is 1.45 bits per heavy atom. The Morgan fingerprint density at radius 3 is 2.85 bits per heavy atom. The minimum atomic E-state index is -3.53. The van der Waals surface area contributed by atoms with Crippen molar-refractivity contribution in [1.29, 1.82) is 0 Å². The van der Waals surface area contributed by atoms with Crippen LogP contribution >= 0.6 is 0 Å². The monoisotopic (exact) mass is 299 g/mol. The van der Waals surface area contributed by atoms with Crippen molar-refractivity contribution in [1.82, 2.24) is 4.31 Å². The van der Waals surface area contributed by atoms with E-state index in [0.29, 0.717) is 24.2 Å². The van der Waals surface area contributed by atoms with Gasteiger partial charge < -0.3 is 9.84 Å². The first-order valence-electron chi connectivity index (χ1n) is 6.73. The Labute approximate surface area is 120 Å². The second-order valence-electron chi connectivity index (χ2n) is 5.06. The van der Waals surface area contributed by atoms with Crippen LogP contribution in [0.3, 0.4) is 0 Å². The molecule has 0 spiro atoms. The average Bonchev–Trinajstić information content (AvgIpc) is 2.47. The second kappa shape index (κ2) is 6.22. The summed E-state index contributed by atoms with van der Waals surface area (Å²) in [5.74, 6) is 0. The Kier molecular flexibility index (Phi) is 4.80. The third kappa shape index (κ3) is 2.88. The first-order valence-corrected chi connectivity index (χ1v) is 8.17. The molecule has 1 unspecified atom stereocenters. The number of methoxy groups -OCH3 is 1. The summed E-state index contributed by atoms with van der Waals surface area (Å²) in [6, 6.07) is 5.01. The van der Waals surface area contributed by atoms with Gasteiger partial charge in [-0.3, -0.25) is 0 Å². The Hall–Kier alpha value is -0.950. The SMILES string of the molecule is COC1CCCN(S(=O)(=O)c2cccc(CO)c2C)C1. The molecule has 0 radical (unpaired) electrons. The van der Waals surface area contributed by atoms with Crippen LogP contribution in [0.15, 0.2) is 23.1 Å². The van der Waals surface area contributed by atoms with Crippen molar-refractivity contribution in [3.05, 3.63) is 29.3 Å². The molecule has 0 amide bonds. The van der Waals surface area contributed by atoms with Crippen molar-refractivity contribution < 1.29 is 18.3 Å². The predicted molar refractivity (Wildman–Crippen MR) is 75.9 cm³/mol. The third-order valence-corrected chi connectivity index (χ3v) is 5.87. The molecule has 0 saturated carbocycles. The molecule has 1 aliphatic heterocycles. The van der Waals surface area contributed by atoms with Gasteiger partial charge in [0.1, 0.15) is 0 Å². The van der Waals surface area contributed by atoms with Crippen LogP contribution in [0.25, 0.3) is 0 Å². The maximum Gasteiger partial charge on any atom is 0.243 e. The average molecular weight is 299 g/mol.